The van der Waals surface area contributed by atoms with Crippen LogP contribution < -0.4 is 0 Å². The van der Waals surface area contributed by atoms with E-state index in [1.54, 1.807) is 0 Å². The summed E-state index contributed by atoms with van der Waals surface area (Å²) in [6.45, 7) is 7.03. The Hall–Kier alpha value is -1.56. The molecular weight excluding hydrogens is 284 g/mol. The number of ketones is 1. The lowest BCUT2D eigenvalue weighted by Crippen LogP contribution is -2.06. The number of carbonyl (C=O) groups is 1. The molecule has 0 bridgehead atoms. The molecule has 0 aromatic carbocycles. The third-order valence-electron chi connectivity index (χ3n) is 3.97. The van der Waals surface area contributed by atoms with Crippen LogP contribution >= 0.6 is 11.8 Å². The number of hydrogen-bond acceptors (Lipinski definition) is 4. The highest BCUT2D eigenvalue weighted by atomic mass is 32.2. The van der Waals surface area contributed by atoms with Crippen molar-refractivity contribution in [3.63, 3.8) is 0 Å². The first-order valence-corrected chi connectivity index (χ1v) is 8.33. The molecule has 1 fully saturated rings. The molecule has 0 amide bonds. The van der Waals surface area contributed by atoms with Crippen molar-refractivity contribution in [3.8, 4) is 0 Å². The molecular formula is C15H20N4OS. The van der Waals surface area contributed by atoms with E-state index in [9.17, 15) is 4.79 Å². The Labute approximate surface area is 128 Å². The third-order valence-corrected chi connectivity index (χ3v) is 4.82. The SMILES string of the molecule is CCn1c(C)cc(C(=O)CSc2n[nH]c(C3CC3)n2)c1C. The zero-order valence-electron chi connectivity index (χ0n) is 12.6. The van der Waals surface area contributed by atoms with Crippen LogP contribution in [-0.2, 0) is 6.54 Å². The van der Waals surface area contributed by atoms with E-state index >= 15 is 0 Å². The van der Waals surface area contributed by atoms with Gasteiger partial charge < -0.3 is 4.57 Å². The van der Waals surface area contributed by atoms with Crippen molar-refractivity contribution in [1.29, 1.82) is 0 Å². The quantitative estimate of drug-likeness (QED) is 0.658. The molecule has 1 aliphatic rings. The van der Waals surface area contributed by atoms with Crippen molar-refractivity contribution in [2.24, 2.45) is 0 Å². The van der Waals surface area contributed by atoms with E-state index in [1.165, 1.54) is 24.6 Å². The molecule has 0 radical (unpaired) electrons. The van der Waals surface area contributed by atoms with Gasteiger partial charge in [-0.05, 0) is 39.7 Å². The van der Waals surface area contributed by atoms with E-state index in [1.807, 2.05) is 19.9 Å². The minimum Gasteiger partial charge on any atom is -0.349 e. The lowest BCUT2D eigenvalue weighted by molar-refractivity contribution is 0.102. The molecule has 3 rings (SSSR count). The molecule has 2 aromatic heterocycles. The normalized spacial score (nSPS) is 14.6. The van der Waals surface area contributed by atoms with Gasteiger partial charge >= 0.3 is 0 Å². The Balaban J connectivity index is 1.65. The molecule has 0 aliphatic heterocycles. The largest absolute Gasteiger partial charge is 0.349 e. The van der Waals surface area contributed by atoms with Gasteiger partial charge in [0.05, 0.1) is 5.75 Å². The zero-order valence-corrected chi connectivity index (χ0v) is 13.5. The van der Waals surface area contributed by atoms with Crippen LogP contribution in [0.15, 0.2) is 11.2 Å². The summed E-state index contributed by atoms with van der Waals surface area (Å²) in [5.74, 6) is 2.06. The van der Waals surface area contributed by atoms with Crippen molar-refractivity contribution in [2.45, 2.75) is 51.2 Å². The van der Waals surface area contributed by atoms with Crippen LogP contribution in [0.25, 0.3) is 0 Å². The maximum atomic E-state index is 12.4. The van der Waals surface area contributed by atoms with Crippen molar-refractivity contribution in [1.82, 2.24) is 19.7 Å². The number of aryl methyl sites for hydroxylation is 1. The second-order valence-corrected chi connectivity index (χ2v) is 6.46. The van der Waals surface area contributed by atoms with Gasteiger partial charge in [0, 0.05) is 29.4 Å². The molecule has 21 heavy (non-hydrogen) atoms. The molecule has 0 unspecified atom stereocenters. The average Bonchev–Trinajstić information content (AvgIpc) is 3.14. The highest BCUT2D eigenvalue weighted by Crippen LogP contribution is 2.38. The maximum absolute atomic E-state index is 12.4. The van der Waals surface area contributed by atoms with E-state index in [0.717, 1.165) is 29.3 Å². The van der Waals surface area contributed by atoms with Crippen LogP contribution in [0.5, 0.6) is 0 Å². The Morgan fingerprint density at radius 3 is 2.86 bits per heavy atom. The number of Topliss-reactive ketones (excluding diaryl/α,β-unsaturated/α-hetero) is 1. The molecule has 112 valence electrons. The number of H-pyrrole nitrogens is 1. The van der Waals surface area contributed by atoms with Gasteiger partial charge in [-0.25, -0.2) is 4.98 Å². The second kappa shape index (κ2) is 5.67. The molecule has 0 atom stereocenters. The fourth-order valence-corrected chi connectivity index (χ4v) is 3.33. The molecule has 0 spiro atoms. The minimum atomic E-state index is 0.144. The lowest BCUT2D eigenvalue weighted by Gasteiger charge is -2.05. The van der Waals surface area contributed by atoms with Crippen LogP contribution in [0.3, 0.4) is 0 Å². The van der Waals surface area contributed by atoms with E-state index in [2.05, 4.69) is 26.7 Å². The molecule has 1 aliphatic carbocycles. The number of hydrogen-bond donors (Lipinski definition) is 1. The molecule has 0 saturated heterocycles. The van der Waals surface area contributed by atoms with E-state index in [4.69, 9.17) is 0 Å². The molecule has 2 aromatic rings. The monoisotopic (exact) mass is 304 g/mol. The Morgan fingerprint density at radius 2 is 2.24 bits per heavy atom. The highest BCUT2D eigenvalue weighted by Gasteiger charge is 2.27. The van der Waals surface area contributed by atoms with Crippen LogP contribution in [0.2, 0.25) is 0 Å². The highest BCUT2D eigenvalue weighted by molar-refractivity contribution is 7.99. The summed E-state index contributed by atoms with van der Waals surface area (Å²) in [4.78, 5) is 16.8. The summed E-state index contributed by atoms with van der Waals surface area (Å²) in [5, 5.41) is 7.82. The van der Waals surface area contributed by atoms with Crippen LogP contribution in [-0.4, -0.2) is 31.3 Å². The number of aromatic amines is 1. The fourth-order valence-electron chi connectivity index (χ4n) is 2.64. The summed E-state index contributed by atoms with van der Waals surface area (Å²) in [6.07, 6.45) is 2.39. The average molecular weight is 304 g/mol. The van der Waals surface area contributed by atoms with Gasteiger partial charge in [-0.15, -0.1) is 5.10 Å². The molecule has 1 N–H and O–H groups in total. The van der Waals surface area contributed by atoms with Gasteiger partial charge in [-0.1, -0.05) is 11.8 Å². The minimum absolute atomic E-state index is 0.144. The number of aromatic nitrogens is 4. The van der Waals surface area contributed by atoms with Crippen LogP contribution in [0.4, 0.5) is 0 Å². The first-order valence-electron chi connectivity index (χ1n) is 7.35. The van der Waals surface area contributed by atoms with Gasteiger partial charge in [0.25, 0.3) is 0 Å². The standard InChI is InChI=1S/C15H20N4OS/c1-4-19-9(2)7-12(10(19)3)13(20)8-21-15-16-14(17-18-15)11-5-6-11/h7,11H,4-6,8H2,1-3H3,(H,16,17,18). The van der Waals surface area contributed by atoms with Crippen molar-refractivity contribution < 1.29 is 4.79 Å². The smallest absolute Gasteiger partial charge is 0.208 e. The van der Waals surface area contributed by atoms with Gasteiger partial charge in [0.2, 0.25) is 5.16 Å². The van der Waals surface area contributed by atoms with Gasteiger partial charge in [-0.2, -0.15) is 0 Å². The van der Waals surface area contributed by atoms with Crippen LogP contribution in [0.1, 0.15) is 53.3 Å². The fraction of sp³-hybridized carbons (Fsp3) is 0.533. The third kappa shape index (κ3) is 2.90. The maximum Gasteiger partial charge on any atom is 0.208 e. The number of thioether (sulfide) groups is 1. The summed E-state index contributed by atoms with van der Waals surface area (Å²) in [7, 11) is 0. The van der Waals surface area contributed by atoms with E-state index < -0.39 is 0 Å². The first-order chi connectivity index (χ1) is 10.1. The number of rotatable bonds is 6. The summed E-state index contributed by atoms with van der Waals surface area (Å²) < 4.78 is 2.16. The molecule has 5 nitrogen and oxygen atoms in total. The summed E-state index contributed by atoms with van der Waals surface area (Å²) in [6, 6.07) is 1.98. The van der Waals surface area contributed by atoms with Crippen LogP contribution in [0, 0.1) is 13.8 Å². The zero-order chi connectivity index (χ0) is 15.0. The second-order valence-electron chi connectivity index (χ2n) is 5.52. The van der Waals surface area contributed by atoms with Gasteiger partial charge in [0.15, 0.2) is 5.78 Å². The molecule has 6 heteroatoms. The Kier molecular flexibility index (Phi) is 3.89. The Bertz CT molecular complexity index is 669. The van der Waals surface area contributed by atoms with E-state index in [-0.39, 0.29) is 5.78 Å². The lowest BCUT2D eigenvalue weighted by atomic mass is 10.2. The molecule has 2 heterocycles. The predicted octanol–water partition coefficient (Wildman–Crippen LogP) is 3.10. The topological polar surface area (TPSA) is 63.6 Å². The van der Waals surface area contributed by atoms with Gasteiger partial charge in [-0.3, -0.25) is 9.89 Å². The van der Waals surface area contributed by atoms with Crippen molar-refractivity contribution in [2.75, 3.05) is 5.75 Å². The number of nitrogens with one attached hydrogen (secondary N) is 1. The summed E-state index contributed by atoms with van der Waals surface area (Å²) >= 11 is 1.41. The van der Waals surface area contributed by atoms with Crippen molar-refractivity contribution in [3.05, 3.63) is 28.8 Å². The summed E-state index contributed by atoms with van der Waals surface area (Å²) in [5.41, 5.74) is 3.01. The number of nitrogens with zero attached hydrogens (tertiary/aromatic N) is 3. The van der Waals surface area contributed by atoms with Gasteiger partial charge in [0.1, 0.15) is 5.82 Å². The predicted molar refractivity (Wildman–Crippen MR) is 83.0 cm³/mol. The van der Waals surface area contributed by atoms with Crippen molar-refractivity contribution >= 4 is 17.5 Å². The Morgan fingerprint density at radius 1 is 1.48 bits per heavy atom. The number of carbonyl (C=O) groups excluding carboxylic acids is 1. The molecule has 1 saturated carbocycles. The van der Waals surface area contributed by atoms with E-state index in [0.29, 0.717) is 16.8 Å². The first kappa shape index (κ1) is 14.4.